The lowest BCUT2D eigenvalue weighted by Crippen LogP contribution is -2.36. The first kappa shape index (κ1) is 20.8. The van der Waals surface area contributed by atoms with E-state index in [1.54, 1.807) is 6.08 Å². The Morgan fingerprint density at radius 3 is 2.72 bits per heavy atom. The van der Waals surface area contributed by atoms with Crippen molar-refractivity contribution in [2.24, 2.45) is 5.92 Å². The number of fused-ring (bicyclic) bond motifs is 1. The summed E-state index contributed by atoms with van der Waals surface area (Å²) >= 11 is 0. The van der Waals surface area contributed by atoms with E-state index in [9.17, 15) is 19.5 Å². The minimum absolute atomic E-state index is 0.0400. The third-order valence-corrected chi connectivity index (χ3v) is 6.69. The molecule has 1 saturated heterocycles. The van der Waals surface area contributed by atoms with Gasteiger partial charge in [0, 0.05) is 36.3 Å². The van der Waals surface area contributed by atoms with E-state index in [1.807, 2.05) is 18.7 Å². The average molecular weight is 440 g/mol. The molecule has 0 unspecified atom stereocenters. The number of aromatic nitrogens is 3. The van der Waals surface area contributed by atoms with E-state index in [1.165, 1.54) is 21.4 Å². The Morgan fingerprint density at radius 1 is 1.31 bits per heavy atom. The average Bonchev–Trinajstić information content (AvgIpc) is 3.61. The summed E-state index contributed by atoms with van der Waals surface area (Å²) in [6, 6.07) is 0.0537. The van der Waals surface area contributed by atoms with E-state index < -0.39 is 17.3 Å². The molecule has 9 nitrogen and oxygen atoms in total. The van der Waals surface area contributed by atoms with E-state index >= 15 is 0 Å². The van der Waals surface area contributed by atoms with Gasteiger partial charge < -0.3 is 15.3 Å². The van der Waals surface area contributed by atoms with Gasteiger partial charge in [-0.3, -0.25) is 19.0 Å². The molecule has 5 rings (SSSR count). The third kappa shape index (κ3) is 3.49. The van der Waals surface area contributed by atoms with Crippen LogP contribution in [0, 0.1) is 5.92 Å². The molecule has 2 saturated carbocycles. The SMILES string of the molecule is CC(C)Cn1c(=O)c(C(=O)NC2CC2)c(O)n2ncc(C=CC(=O)N3CCCC34CC4)c12. The van der Waals surface area contributed by atoms with E-state index in [2.05, 4.69) is 10.4 Å². The molecule has 2 aliphatic carbocycles. The molecule has 3 heterocycles. The van der Waals surface area contributed by atoms with Crippen molar-refractivity contribution in [3.05, 3.63) is 33.8 Å². The summed E-state index contributed by atoms with van der Waals surface area (Å²) < 4.78 is 2.69. The highest BCUT2D eigenvalue weighted by Gasteiger charge is 2.52. The predicted molar refractivity (Wildman–Crippen MR) is 118 cm³/mol. The number of nitrogens with one attached hydrogen (secondary N) is 1. The molecular formula is C23H29N5O4. The zero-order chi connectivity index (χ0) is 22.6. The smallest absolute Gasteiger partial charge is 0.270 e. The number of amides is 2. The zero-order valence-corrected chi connectivity index (χ0v) is 18.5. The Bertz CT molecular complexity index is 1180. The molecule has 0 bridgehead atoms. The highest BCUT2D eigenvalue weighted by atomic mass is 16.3. The van der Waals surface area contributed by atoms with Gasteiger partial charge in [0.1, 0.15) is 5.65 Å². The van der Waals surface area contributed by atoms with Gasteiger partial charge in [0.2, 0.25) is 11.8 Å². The minimum Gasteiger partial charge on any atom is -0.492 e. The molecule has 1 aliphatic heterocycles. The fraction of sp³-hybridized carbons (Fsp3) is 0.565. The molecule has 2 aromatic rings. The van der Waals surface area contributed by atoms with Gasteiger partial charge in [-0.05, 0) is 50.5 Å². The van der Waals surface area contributed by atoms with Crippen LogP contribution >= 0.6 is 0 Å². The van der Waals surface area contributed by atoms with Crippen LogP contribution < -0.4 is 10.9 Å². The Hall–Kier alpha value is -3.10. The molecule has 0 aromatic carbocycles. The molecule has 0 radical (unpaired) electrons. The maximum atomic E-state index is 13.3. The van der Waals surface area contributed by atoms with Crippen LogP contribution in [0.25, 0.3) is 11.7 Å². The number of hydrogen-bond acceptors (Lipinski definition) is 5. The molecule has 170 valence electrons. The lowest BCUT2D eigenvalue weighted by molar-refractivity contribution is -0.127. The number of hydrogen-bond donors (Lipinski definition) is 2. The topological polar surface area (TPSA) is 109 Å². The monoisotopic (exact) mass is 439 g/mol. The van der Waals surface area contributed by atoms with Crippen LogP contribution in [0.5, 0.6) is 5.88 Å². The van der Waals surface area contributed by atoms with Gasteiger partial charge in [0.15, 0.2) is 5.56 Å². The molecule has 9 heteroatoms. The van der Waals surface area contributed by atoms with Crippen molar-refractivity contribution in [1.29, 1.82) is 0 Å². The van der Waals surface area contributed by atoms with Crippen LogP contribution in [0.3, 0.4) is 0 Å². The third-order valence-electron chi connectivity index (χ3n) is 6.69. The number of rotatable bonds is 6. The quantitative estimate of drug-likeness (QED) is 0.669. The van der Waals surface area contributed by atoms with Gasteiger partial charge in [0.05, 0.1) is 6.20 Å². The van der Waals surface area contributed by atoms with E-state index in [0.29, 0.717) is 17.8 Å². The first-order valence-corrected chi connectivity index (χ1v) is 11.4. The normalized spacial score (nSPS) is 19.5. The van der Waals surface area contributed by atoms with Gasteiger partial charge in [-0.15, -0.1) is 0 Å². The molecule has 3 fully saturated rings. The van der Waals surface area contributed by atoms with E-state index in [0.717, 1.165) is 45.1 Å². The maximum Gasteiger partial charge on any atom is 0.270 e. The summed E-state index contributed by atoms with van der Waals surface area (Å²) in [7, 11) is 0. The zero-order valence-electron chi connectivity index (χ0n) is 18.5. The lowest BCUT2D eigenvalue weighted by Gasteiger charge is -2.22. The Balaban J connectivity index is 1.54. The molecular weight excluding hydrogens is 410 g/mol. The molecule has 2 N–H and O–H groups in total. The van der Waals surface area contributed by atoms with Gasteiger partial charge in [-0.1, -0.05) is 13.8 Å². The summed E-state index contributed by atoms with van der Waals surface area (Å²) in [6.45, 7) is 5.06. The Morgan fingerprint density at radius 2 is 2.06 bits per heavy atom. The second-order valence-electron chi connectivity index (χ2n) is 9.74. The minimum atomic E-state index is -0.582. The highest BCUT2D eigenvalue weighted by Crippen LogP contribution is 2.49. The predicted octanol–water partition coefficient (Wildman–Crippen LogP) is 1.92. The van der Waals surface area contributed by atoms with Gasteiger partial charge in [-0.2, -0.15) is 9.61 Å². The van der Waals surface area contributed by atoms with Crippen LogP contribution in [-0.2, 0) is 11.3 Å². The van der Waals surface area contributed by atoms with Crippen LogP contribution in [0.4, 0.5) is 0 Å². The fourth-order valence-electron chi connectivity index (χ4n) is 4.75. The Labute approximate surface area is 185 Å². The first-order chi connectivity index (χ1) is 15.3. The molecule has 0 atom stereocenters. The standard InChI is InChI=1S/C23H29N5O4/c1-14(2)13-26-20-15(4-7-17(29)27-11-3-8-23(27)9-10-23)12-24-28(20)22(32)18(21(26)31)19(30)25-16-5-6-16/h4,7,12,14,16,32H,3,5-6,8-11,13H2,1-2H3,(H,25,30). The summed E-state index contributed by atoms with van der Waals surface area (Å²) in [6.07, 6.45) is 10.7. The summed E-state index contributed by atoms with van der Waals surface area (Å²) in [5.41, 5.74) is 0.123. The van der Waals surface area contributed by atoms with E-state index in [-0.39, 0.29) is 29.0 Å². The first-order valence-electron chi connectivity index (χ1n) is 11.4. The van der Waals surface area contributed by atoms with Gasteiger partial charge in [0.25, 0.3) is 11.5 Å². The fourth-order valence-corrected chi connectivity index (χ4v) is 4.75. The largest absolute Gasteiger partial charge is 0.492 e. The van der Waals surface area contributed by atoms with Crippen molar-refractivity contribution in [2.45, 2.75) is 70.5 Å². The molecule has 32 heavy (non-hydrogen) atoms. The van der Waals surface area contributed by atoms with Crippen molar-refractivity contribution in [1.82, 2.24) is 24.4 Å². The molecule has 2 amide bonds. The van der Waals surface area contributed by atoms with Crippen LogP contribution in [0.2, 0.25) is 0 Å². The highest BCUT2D eigenvalue weighted by molar-refractivity contribution is 5.97. The van der Waals surface area contributed by atoms with Crippen LogP contribution in [0.15, 0.2) is 17.1 Å². The van der Waals surface area contributed by atoms with Crippen LogP contribution in [-0.4, -0.2) is 54.1 Å². The van der Waals surface area contributed by atoms with Crippen molar-refractivity contribution < 1.29 is 14.7 Å². The van der Waals surface area contributed by atoms with Crippen molar-refractivity contribution >= 4 is 23.5 Å². The Kier molecular flexibility index (Phi) is 4.87. The molecule has 1 spiro atoms. The van der Waals surface area contributed by atoms with Crippen molar-refractivity contribution in [2.75, 3.05) is 6.54 Å². The second-order valence-corrected chi connectivity index (χ2v) is 9.74. The molecule has 3 aliphatic rings. The number of aromatic hydroxyl groups is 1. The van der Waals surface area contributed by atoms with Crippen molar-refractivity contribution in [3.63, 3.8) is 0 Å². The number of carbonyl (C=O) groups excluding carboxylic acids is 2. The van der Waals surface area contributed by atoms with Gasteiger partial charge in [-0.25, -0.2) is 0 Å². The lowest BCUT2D eigenvalue weighted by atomic mass is 10.2. The van der Waals surface area contributed by atoms with Crippen LogP contribution in [0.1, 0.15) is 68.3 Å². The van der Waals surface area contributed by atoms with E-state index in [4.69, 9.17) is 0 Å². The summed E-state index contributed by atoms with van der Waals surface area (Å²) in [4.78, 5) is 40.7. The number of likely N-dealkylation sites (tertiary alicyclic amines) is 1. The summed E-state index contributed by atoms with van der Waals surface area (Å²) in [5, 5.41) is 17.8. The number of nitrogens with zero attached hydrogens (tertiary/aromatic N) is 4. The number of carbonyl (C=O) groups is 2. The molecule has 2 aromatic heterocycles. The maximum absolute atomic E-state index is 13.3. The summed E-state index contributed by atoms with van der Waals surface area (Å²) in [5.74, 6) is -0.985. The van der Waals surface area contributed by atoms with Gasteiger partial charge >= 0.3 is 0 Å². The van der Waals surface area contributed by atoms with Crippen molar-refractivity contribution in [3.8, 4) is 5.88 Å². The second kappa shape index (κ2) is 7.50.